The molecule has 1 atom stereocenters. The van der Waals surface area contributed by atoms with Crippen LogP contribution in [0.3, 0.4) is 0 Å². The largest absolute Gasteiger partial charge is 0.481 e. The van der Waals surface area contributed by atoms with Crippen LogP contribution in [0.5, 0.6) is 0 Å². The average molecular weight is 417 g/mol. The Hall–Kier alpha value is -2.48. The molecule has 2 aromatic rings. The summed E-state index contributed by atoms with van der Waals surface area (Å²) in [6.45, 7) is 4.49. The topological polar surface area (TPSA) is 85.8 Å². The van der Waals surface area contributed by atoms with Gasteiger partial charge in [-0.25, -0.2) is 0 Å². The number of pyridine rings is 1. The molecule has 1 aromatic carbocycles. The lowest BCUT2D eigenvalue weighted by atomic mass is 10.0. The predicted molar refractivity (Wildman–Crippen MR) is 112 cm³/mol. The molecule has 2 heterocycles. The van der Waals surface area contributed by atoms with Crippen LogP contribution in [0.4, 0.5) is 5.69 Å². The molecular formula is C21H25ClN4O3. The highest BCUT2D eigenvalue weighted by atomic mass is 35.5. The fraction of sp³-hybridized carbons (Fsp3) is 0.381. The number of aromatic nitrogens is 1. The van der Waals surface area contributed by atoms with Crippen LogP contribution in [0.15, 0.2) is 48.8 Å². The van der Waals surface area contributed by atoms with Crippen LogP contribution in [0.2, 0.25) is 5.02 Å². The zero-order valence-corrected chi connectivity index (χ0v) is 16.9. The molecule has 29 heavy (non-hydrogen) atoms. The standard InChI is InChI=1S/C21H25ClN4O3/c22-18-3-5-19(6-4-18)24-20(27)12-17(21(28)29)15-26-10-8-25(9-11-26)14-16-2-1-7-23-13-16/h1-7,13,17H,8-12,14-15H2,(H,24,27)(H,28,29). The highest BCUT2D eigenvalue weighted by Crippen LogP contribution is 2.16. The summed E-state index contributed by atoms with van der Waals surface area (Å²) in [5, 5.41) is 12.9. The second-order valence-electron chi connectivity index (χ2n) is 7.23. The first-order valence-corrected chi connectivity index (χ1v) is 9.99. The number of nitrogens with zero attached hydrogens (tertiary/aromatic N) is 3. The average Bonchev–Trinajstić information content (AvgIpc) is 2.71. The molecule has 7 nitrogen and oxygen atoms in total. The minimum absolute atomic E-state index is 0.0616. The van der Waals surface area contributed by atoms with Gasteiger partial charge >= 0.3 is 5.97 Å². The second kappa shape index (κ2) is 10.3. The molecule has 1 fully saturated rings. The minimum Gasteiger partial charge on any atom is -0.481 e. The van der Waals surface area contributed by atoms with Crippen molar-refractivity contribution in [3.8, 4) is 0 Å². The number of benzene rings is 1. The van der Waals surface area contributed by atoms with Crippen molar-refractivity contribution < 1.29 is 14.7 Å². The number of anilines is 1. The van der Waals surface area contributed by atoms with Gasteiger partial charge in [-0.1, -0.05) is 17.7 Å². The van der Waals surface area contributed by atoms with Crippen LogP contribution in [-0.4, -0.2) is 64.5 Å². The molecule has 3 rings (SSSR count). The van der Waals surface area contributed by atoms with Crippen molar-refractivity contribution in [1.29, 1.82) is 0 Å². The van der Waals surface area contributed by atoms with E-state index in [0.717, 1.165) is 32.7 Å². The van der Waals surface area contributed by atoms with Crippen LogP contribution < -0.4 is 5.32 Å². The van der Waals surface area contributed by atoms with Gasteiger partial charge in [0.05, 0.1) is 5.92 Å². The van der Waals surface area contributed by atoms with Gasteiger partial charge in [-0.05, 0) is 35.9 Å². The van der Waals surface area contributed by atoms with E-state index in [1.807, 2.05) is 12.3 Å². The fourth-order valence-corrected chi connectivity index (χ4v) is 3.52. The van der Waals surface area contributed by atoms with E-state index in [0.29, 0.717) is 17.3 Å². The Bertz CT molecular complexity index is 808. The Morgan fingerprint density at radius 1 is 1.10 bits per heavy atom. The van der Waals surface area contributed by atoms with E-state index >= 15 is 0 Å². The fourth-order valence-electron chi connectivity index (χ4n) is 3.39. The van der Waals surface area contributed by atoms with Gasteiger partial charge in [0, 0.05) is 68.8 Å². The minimum atomic E-state index is -0.950. The monoisotopic (exact) mass is 416 g/mol. The number of halogens is 1. The number of hydrogen-bond donors (Lipinski definition) is 2. The van der Waals surface area contributed by atoms with E-state index in [2.05, 4.69) is 26.2 Å². The number of carboxylic acid groups (broad SMARTS) is 1. The number of amides is 1. The molecule has 1 saturated heterocycles. The molecule has 0 spiro atoms. The number of nitrogens with one attached hydrogen (secondary N) is 1. The molecule has 1 unspecified atom stereocenters. The highest BCUT2D eigenvalue weighted by Gasteiger charge is 2.26. The molecule has 0 radical (unpaired) electrons. The van der Waals surface area contributed by atoms with Gasteiger partial charge in [-0.2, -0.15) is 0 Å². The molecule has 0 aliphatic carbocycles. The third kappa shape index (κ3) is 6.81. The van der Waals surface area contributed by atoms with Crippen LogP contribution >= 0.6 is 11.6 Å². The van der Waals surface area contributed by atoms with Crippen molar-refractivity contribution in [1.82, 2.24) is 14.8 Å². The van der Waals surface area contributed by atoms with Crippen molar-refractivity contribution in [2.75, 3.05) is 38.0 Å². The summed E-state index contributed by atoms with van der Waals surface area (Å²) in [5.74, 6) is -2.00. The number of carbonyl (C=O) groups excluding carboxylic acids is 1. The third-order valence-electron chi connectivity index (χ3n) is 4.98. The lowest BCUT2D eigenvalue weighted by molar-refractivity contribution is -0.144. The van der Waals surface area contributed by atoms with Crippen molar-refractivity contribution in [2.24, 2.45) is 5.92 Å². The van der Waals surface area contributed by atoms with Crippen molar-refractivity contribution >= 4 is 29.2 Å². The zero-order valence-electron chi connectivity index (χ0n) is 16.1. The maximum Gasteiger partial charge on any atom is 0.308 e. The summed E-state index contributed by atoms with van der Waals surface area (Å²) >= 11 is 5.84. The maximum atomic E-state index is 12.3. The van der Waals surface area contributed by atoms with Crippen LogP contribution in [0.1, 0.15) is 12.0 Å². The number of carbonyl (C=O) groups is 2. The smallest absolute Gasteiger partial charge is 0.308 e. The van der Waals surface area contributed by atoms with E-state index < -0.39 is 11.9 Å². The van der Waals surface area contributed by atoms with Crippen molar-refractivity contribution in [3.63, 3.8) is 0 Å². The van der Waals surface area contributed by atoms with Crippen LogP contribution in [0, 0.1) is 5.92 Å². The maximum absolute atomic E-state index is 12.3. The van der Waals surface area contributed by atoms with E-state index in [1.165, 1.54) is 5.56 Å². The predicted octanol–water partition coefficient (Wildman–Crippen LogP) is 2.58. The van der Waals surface area contributed by atoms with Gasteiger partial charge in [0.1, 0.15) is 0 Å². The number of carboxylic acids is 1. The van der Waals surface area contributed by atoms with E-state index in [1.54, 1.807) is 30.5 Å². The quantitative estimate of drug-likeness (QED) is 0.688. The van der Waals surface area contributed by atoms with Crippen molar-refractivity contribution in [2.45, 2.75) is 13.0 Å². The Kier molecular flexibility index (Phi) is 7.57. The van der Waals surface area contributed by atoms with Crippen LogP contribution in [-0.2, 0) is 16.1 Å². The Morgan fingerprint density at radius 2 is 1.79 bits per heavy atom. The van der Waals surface area contributed by atoms with Gasteiger partial charge in [0.2, 0.25) is 5.91 Å². The van der Waals surface area contributed by atoms with Gasteiger partial charge in [0.15, 0.2) is 0 Å². The van der Waals surface area contributed by atoms with Gasteiger partial charge in [-0.15, -0.1) is 0 Å². The summed E-state index contributed by atoms with van der Waals surface area (Å²) in [6.07, 6.45) is 3.57. The molecule has 0 bridgehead atoms. The van der Waals surface area contributed by atoms with Gasteiger partial charge in [-0.3, -0.25) is 24.4 Å². The SMILES string of the molecule is O=C(CC(CN1CCN(Cc2cccnc2)CC1)C(=O)O)Nc1ccc(Cl)cc1. The van der Waals surface area contributed by atoms with Gasteiger partial charge < -0.3 is 10.4 Å². The Balaban J connectivity index is 1.46. The lowest BCUT2D eigenvalue weighted by Crippen LogP contribution is -2.48. The highest BCUT2D eigenvalue weighted by molar-refractivity contribution is 6.30. The third-order valence-corrected chi connectivity index (χ3v) is 5.23. The zero-order chi connectivity index (χ0) is 20.6. The summed E-state index contributed by atoms with van der Waals surface area (Å²) in [5.41, 5.74) is 1.77. The molecular weight excluding hydrogens is 392 g/mol. The molecule has 0 saturated carbocycles. The van der Waals surface area contributed by atoms with Crippen molar-refractivity contribution in [3.05, 3.63) is 59.4 Å². The summed E-state index contributed by atoms with van der Waals surface area (Å²) < 4.78 is 0. The van der Waals surface area contributed by atoms with Gasteiger partial charge in [0.25, 0.3) is 0 Å². The number of piperazine rings is 1. The first-order chi connectivity index (χ1) is 14.0. The van der Waals surface area contributed by atoms with E-state index in [-0.39, 0.29) is 12.3 Å². The lowest BCUT2D eigenvalue weighted by Gasteiger charge is -2.35. The number of aliphatic carboxylic acids is 1. The summed E-state index contributed by atoms with van der Waals surface area (Å²) in [6, 6.07) is 10.7. The number of rotatable bonds is 8. The molecule has 1 aliphatic rings. The first kappa shape index (κ1) is 21.2. The molecule has 2 N–H and O–H groups in total. The second-order valence-corrected chi connectivity index (χ2v) is 7.67. The number of hydrogen-bond acceptors (Lipinski definition) is 5. The molecule has 154 valence electrons. The molecule has 1 amide bonds. The van der Waals surface area contributed by atoms with E-state index in [4.69, 9.17) is 11.6 Å². The molecule has 1 aromatic heterocycles. The normalized spacial score (nSPS) is 16.3. The van der Waals surface area contributed by atoms with E-state index in [9.17, 15) is 14.7 Å². The molecule has 1 aliphatic heterocycles. The summed E-state index contributed by atoms with van der Waals surface area (Å²) in [7, 11) is 0. The summed E-state index contributed by atoms with van der Waals surface area (Å²) in [4.78, 5) is 32.5. The van der Waals surface area contributed by atoms with Crippen LogP contribution in [0.25, 0.3) is 0 Å². The Morgan fingerprint density at radius 3 is 2.41 bits per heavy atom. The first-order valence-electron chi connectivity index (χ1n) is 9.61. The Labute approximate surface area is 175 Å². The molecule has 8 heteroatoms.